The Morgan fingerprint density at radius 2 is 2.27 bits per heavy atom. The van der Waals surface area contributed by atoms with Gasteiger partial charge < -0.3 is 5.32 Å². The van der Waals surface area contributed by atoms with Crippen LogP contribution in [0.25, 0.3) is 0 Å². The summed E-state index contributed by atoms with van der Waals surface area (Å²) in [5.74, 6) is 0.996. The fourth-order valence-electron chi connectivity index (χ4n) is 1.75. The van der Waals surface area contributed by atoms with E-state index in [1.54, 1.807) is 0 Å². The SMILES string of the molecule is CCC1(CNc2cc(C)c(Br)cn2)CC1. The Morgan fingerprint density at radius 3 is 2.80 bits per heavy atom. The first-order valence-electron chi connectivity index (χ1n) is 5.51. The summed E-state index contributed by atoms with van der Waals surface area (Å²) in [7, 11) is 0. The highest BCUT2D eigenvalue weighted by Crippen LogP contribution is 2.48. The van der Waals surface area contributed by atoms with Crippen LogP contribution in [0.4, 0.5) is 5.82 Å². The number of nitrogens with one attached hydrogen (secondary N) is 1. The number of nitrogens with zero attached hydrogens (tertiary/aromatic N) is 1. The Kier molecular flexibility index (Phi) is 3.01. The van der Waals surface area contributed by atoms with Gasteiger partial charge in [0.1, 0.15) is 5.82 Å². The van der Waals surface area contributed by atoms with E-state index in [9.17, 15) is 0 Å². The second kappa shape index (κ2) is 4.12. The van der Waals surface area contributed by atoms with Gasteiger partial charge in [-0.15, -0.1) is 0 Å². The summed E-state index contributed by atoms with van der Waals surface area (Å²) in [5, 5.41) is 3.43. The molecule has 2 nitrogen and oxygen atoms in total. The van der Waals surface area contributed by atoms with Crippen molar-refractivity contribution in [2.75, 3.05) is 11.9 Å². The molecule has 0 bridgehead atoms. The van der Waals surface area contributed by atoms with Crippen LogP contribution in [0.5, 0.6) is 0 Å². The number of aromatic nitrogens is 1. The van der Waals surface area contributed by atoms with E-state index in [1.807, 2.05) is 6.20 Å². The van der Waals surface area contributed by atoms with Crippen LogP contribution in [0.1, 0.15) is 31.7 Å². The minimum atomic E-state index is 0.572. The zero-order chi connectivity index (χ0) is 10.9. The van der Waals surface area contributed by atoms with Crippen LogP contribution >= 0.6 is 15.9 Å². The van der Waals surface area contributed by atoms with E-state index in [0.29, 0.717) is 5.41 Å². The van der Waals surface area contributed by atoms with Crippen molar-refractivity contribution < 1.29 is 0 Å². The monoisotopic (exact) mass is 268 g/mol. The summed E-state index contributed by atoms with van der Waals surface area (Å²) < 4.78 is 1.07. The molecule has 1 aromatic rings. The minimum Gasteiger partial charge on any atom is -0.370 e. The van der Waals surface area contributed by atoms with E-state index < -0.39 is 0 Å². The van der Waals surface area contributed by atoms with Crippen molar-refractivity contribution in [3.63, 3.8) is 0 Å². The lowest BCUT2D eigenvalue weighted by Crippen LogP contribution is -2.15. The molecule has 0 aromatic carbocycles. The third kappa shape index (κ3) is 2.51. The van der Waals surface area contributed by atoms with E-state index in [0.717, 1.165) is 16.8 Å². The summed E-state index contributed by atoms with van der Waals surface area (Å²) in [6, 6.07) is 2.09. The minimum absolute atomic E-state index is 0.572. The predicted molar refractivity (Wildman–Crippen MR) is 67.1 cm³/mol. The average Bonchev–Trinajstić information content (AvgIpc) is 3.01. The Morgan fingerprint density at radius 1 is 1.53 bits per heavy atom. The van der Waals surface area contributed by atoms with Crippen molar-refractivity contribution in [1.29, 1.82) is 0 Å². The number of hydrogen-bond donors (Lipinski definition) is 1. The molecule has 0 spiro atoms. The maximum Gasteiger partial charge on any atom is 0.126 e. The summed E-state index contributed by atoms with van der Waals surface area (Å²) in [6.45, 7) is 5.43. The number of pyridine rings is 1. The number of hydrogen-bond acceptors (Lipinski definition) is 2. The average molecular weight is 269 g/mol. The lowest BCUT2D eigenvalue weighted by molar-refractivity contribution is 0.520. The Labute approximate surface area is 99.6 Å². The van der Waals surface area contributed by atoms with Gasteiger partial charge in [-0.1, -0.05) is 6.92 Å². The van der Waals surface area contributed by atoms with Crippen molar-refractivity contribution in [3.8, 4) is 0 Å². The molecule has 1 N–H and O–H groups in total. The molecule has 0 unspecified atom stereocenters. The summed E-state index contributed by atoms with van der Waals surface area (Å²) in [6.07, 6.45) is 5.87. The quantitative estimate of drug-likeness (QED) is 0.900. The summed E-state index contributed by atoms with van der Waals surface area (Å²) in [4.78, 5) is 4.35. The topological polar surface area (TPSA) is 24.9 Å². The molecule has 2 rings (SSSR count). The second-order valence-corrected chi connectivity index (χ2v) is 5.38. The smallest absolute Gasteiger partial charge is 0.126 e. The zero-order valence-electron chi connectivity index (χ0n) is 9.31. The molecule has 1 aliphatic rings. The van der Waals surface area contributed by atoms with Gasteiger partial charge in [0, 0.05) is 17.2 Å². The van der Waals surface area contributed by atoms with Crippen LogP contribution in [0.2, 0.25) is 0 Å². The van der Waals surface area contributed by atoms with Gasteiger partial charge in [0.05, 0.1) is 0 Å². The van der Waals surface area contributed by atoms with Crippen molar-refractivity contribution >= 4 is 21.7 Å². The molecule has 3 heteroatoms. The second-order valence-electron chi connectivity index (χ2n) is 4.53. The van der Waals surface area contributed by atoms with Gasteiger partial charge in [-0.25, -0.2) is 4.98 Å². The maximum absolute atomic E-state index is 4.35. The molecular weight excluding hydrogens is 252 g/mol. The highest BCUT2D eigenvalue weighted by molar-refractivity contribution is 9.10. The van der Waals surface area contributed by atoms with E-state index in [4.69, 9.17) is 0 Å². The maximum atomic E-state index is 4.35. The van der Waals surface area contributed by atoms with Gasteiger partial charge in [0.15, 0.2) is 0 Å². The van der Waals surface area contributed by atoms with Crippen molar-refractivity contribution in [2.45, 2.75) is 33.1 Å². The first-order valence-corrected chi connectivity index (χ1v) is 6.30. The molecule has 1 saturated carbocycles. The molecule has 0 radical (unpaired) electrons. The number of halogens is 1. The van der Waals surface area contributed by atoms with Crippen molar-refractivity contribution in [2.24, 2.45) is 5.41 Å². The fourth-order valence-corrected chi connectivity index (χ4v) is 1.96. The first-order chi connectivity index (χ1) is 7.15. The molecular formula is C12H17BrN2. The molecule has 0 aliphatic heterocycles. The molecule has 1 aromatic heterocycles. The molecule has 1 heterocycles. The lowest BCUT2D eigenvalue weighted by atomic mass is 10.0. The van der Waals surface area contributed by atoms with Crippen molar-refractivity contribution in [1.82, 2.24) is 4.98 Å². The molecule has 1 aliphatic carbocycles. The third-order valence-electron chi connectivity index (χ3n) is 3.40. The molecule has 0 saturated heterocycles. The van der Waals surface area contributed by atoms with Gasteiger partial charge in [0.25, 0.3) is 0 Å². The fraction of sp³-hybridized carbons (Fsp3) is 0.583. The molecule has 1 fully saturated rings. The van der Waals surface area contributed by atoms with E-state index in [2.05, 4.69) is 46.1 Å². The summed E-state index contributed by atoms with van der Waals surface area (Å²) in [5.41, 5.74) is 1.80. The van der Waals surface area contributed by atoms with Gasteiger partial charge in [-0.2, -0.15) is 0 Å². The van der Waals surface area contributed by atoms with Crippen LogP contribution in [0, 0.1) is 12.3 Å². The van der Waals surface area contributed by atoms with Crippen LogP contribution in [0.15, 0.2) is 16.7 Å². The van der Waals surface area contributed by atoms with E-state index in [-0.39, 0.29) is 0 Å². The third-order valence-corrected chi connectivity index (χ3v) is 4.23. The zero-order valence-corrected chi connectivity index (χ0v) is 10.9. The van der Waals surface area contributed by atoms with Gasteiger partial charge >= 0.3 is 0 Å². The summed E-state index contributed by atoms with van der Waals surface area (Å²) >= 11 is 3.46. The van der Waals surface area contributed by atoms with Crippen molar-refractivity contribution in [3.05, 3.63) is 22.3 Å². The van der Waals surface area contributed by atoms with Crippen LogP contribution in [0.3, 0.4) is 0 Å². The van der Waals surface area contributed by atoms with Gasteiger partial charge in [-0.3, -0.25) is 0 Å². The Hall–Kier alpha value is -0.570. The number of aryl methyl sites for hydroxylation is 1. The number of rotatable bonds is 4. The van der Waals surface area contributed by atoms with E-state index >= 15 is 0 Å². The highest BCUT2D eigenvalue weighted by atomic mass is 79.9. The van der Waals surface area contributed by atoms with Crippen LogP contribution in [-0.2, 0) is 0 Å². The normalized spacial score (nSPS) is 17.5. The van der Waals surface area contributed by atoms with Gasteiger partial charge in [0.2, 0.25) is 0 Å². The number of anilines is 1. The first kappa shape index (κ1) is 10.9. The molecule has 0 atom stereocenters. The molecule has 15 heavy (non-hydrogen) atoms. The van der Waals surface area contributed by atoms with Crippen LogP contribution in [-0.4, -0.2) is 11.5 Å². The molecule has 82 valence electrons. The predicted octanol–water partition coefficient (Wildman–Crippen LogP) is 3.75. The van der Waals surface area contributed by atoms with E-state index in [1.165, 1.54) is 24.8 Å². The van der Waals surface area contributed by atoms with Gasteiger partial charge in [-0.05, 0) is 59.2 Å². The Balaban J connectivity index is 1.96. The van der Waals surface area contributed by atoms with Crippen LogP contribution < -0.4 is 5.32 Å². The standard InChI is InChI=1S/C12H17BrN2/c1-3-12(4-5-12)8-15-11-6-9(2)10(13)7-14-11/h6-7H,3-5,8H2,1-2H3,(H,14,15). The Bertz CT molecular complexity index is 359. The highest BCUT2D eigenvalue weighted by Gasteiger charge is 2.40. The largest absolute Gasteiger partial charge is 0.370 e. The molecule has 0 amide bonds. The lowest BCUT2D eigenvalue weighted by Gasteiger charge is -2.14.